The minimum Gasteiger partial charge on any atom is -0.459 e. The van der Waals surface area contributed by atoms with Crippen LogP contribution in [0.5, 0.6) is 0 Å². The summed E-state index contributed by atoms with van der Waals surface area (Å²) in [6, 6.07) is 9.96. The van der Waals surface area contributed by atoms with Gasteiger partial charge in [-0.15, -0.1) is 0 Å². The highest BCUT2D eigenvalue weighted by molar-refractivity contribution is 6.04. The topological polar surface area (TPSA) is 61.3 Å². The fourth-order valence-corrected chi connectivity index (χ4v) is 3.99. The second-order valence-corrected chi connectivity index (χ2v) is 7.51. The summed E-state index contributed by atoms with van der Waals surface area (Å²) in [6.07, 6.45) is 9.46. The molecule has 146 valence electrons. The van der Waals surface area contributed by atoms with Crippen LogP contribution in [0.3, 0.4) is 0 Å². The molecule has 0 bridgehead atoms. The maximum absolute atomic E-state index is 12.3. The Labute approximate surface area is 165 Å². The number of aromatic amines is 1. The lowest BCUT2D eigenvalue weighted by molar-refractivity contribution is 0.0996. The Bertz CT molecular complexity index is 985. The zero-order chi connectivity index (χ0) is 19.5. The van der Waals surface area contributed by atoms with Gasteiger partial charge in [-0.05, 0) is 55.7 Å². The van der Waals surface area contributed by atoms with E-state index < -0.39 is 0 Å². The van der Waals surface area contributed by atoms with Crippen molar-refractivity contribution >= 4 is 28.1 Å². The van der Waals surface area contributed by atoms with Crippen LogP contribution in [0.15, 0.2) is 53.3 Å². The van der Waals surface area contributed by atoms with Crippen molar-refractivity contribution in [1.29, 1.82) is 0 Å². The molecule has 1 unspecified atom stereocenters. The highest BCUT2D eigenvalue weighted by Crippen LogP contribution is 2.31. The first kappa shape index (κ1) is 18.6. The number of fused-ring (bicyclic) bond motifs is 1. The first-order valence-corrected chi connectivity index (χ1v) is 10.0. The zero-order valence-corrected chi connectivity index (χ0v) is 16.5. The third kappa shape index (κ3) is 3.76. The Morgan fingerprint density at radius 1 is 1.36 bits per heavy atom. The van der Waals surface area contributed by atoms with E-state index >= 15 is 0 Å². The van der Waals surface area contributed by atoms with Gasteiger partial charge in [-0.1, -0.05) is 19.4 Å². The molecule has 3 heterocycles. The van der Waals surface area contributed by atoms with Crippen LogP contribution in [0.4, 0.5) is 5.69 Å². The van der Waals surface area contributed by atoms with E-state index in [1.54, 1.807) is 12.1 Å². The number of benzene rings is 1. The molecule has 1 atom stereocenters. The molecule has 0 saturated heterocycles. The maximum Gasteiger partial charge on any atom is 0.291 e. The molecule has 1 aliphatic rings. The minimum atomic E-state index is -0.237. The van der Waals surface area contributed by atoms with Crippen molar-refractivity contribution in [2.45, 2.75) is 39.2 Å². The number of hydrogen-bond donors (Lipinski definition) is 2. The lowest BCUT2D eigenvalue weighted by Gasteiger charge is -2.31. The summed E-state index contributed by atoms with van der Waals surface area (Å²) in [4.78, 5) is 18.2. The monoisotopic (exact) mass is 377 g/mol. The molecule has 3 aromatic rings. The lowest BCUT2D eigenvalue weighted by Crippen LogP contribution is -2.36. The number of furan rings is 1. The maximum atomic E-state index is 12.3. The average Bonchev–Trinajstić information content (AvgIpc) is 3.38. The Balaban J connectivity index is 1.54. The number of rotatable bonds is 6. The summed E-state index contributed by atoms with van der Waals surface area (Å²) in [5.74, 6) is 0.0736. The van der Waals surface area contributed by atoms with E-state index in [1.807, 2.05) is 18.2 Å². The molecule has 0 fully saturated rings. The number of aromatic nitrogens is 1. The van der Waals surface area contributed by atoms with Crippen molar-refractivity contribution in [2.75, 3.05) is 18.4 Å². The first-order chi connectivity index (χ1) is 13.7. The molecule has 28 heavy (non-hydrogen) atoms. The molecule has 2 N–H and O–H groups in total. The third-order valence-electron chi connectivity index (χ3n) is 5.60. The van der Waals surface area contributed by atoms with Crippen molar-refractivity contribution in [3.63, 3.8) is 0 Å². The fourth-order valence-electron chi connectivity index (χ4n) is 3.99. The number of nitrogens with zero attached hydrogens (tertiary/aromatic N) is 1. The van der Waals surface area contributed by atoms with Gasteiger partial charge in [0.1, 0.15) is 0 Å². The van der Waals surface area contributed by atoms with Crippen molar-refractivity contribution in [2.24, 2.45) is 0 Å². The van der Waals surface area contributed by atoms with Crippen LogP contribution in [0.1, 0.15) is 49.2 Å². The largest absolute Gasteiger partial charge is 0.459 e. The number of hydrogen-bond acceptors (Lipinski definition) is 3. The number of carbonyl (C=O) groups excluding carboxylic acids is 1. The fraction of sp³-hybridized carbons (Fsp3) is 0.348. The van der Waals surface area contributed by atoms with Crippen molar-refractivity contribution in [1.82, 2.24) is 9.88 Å². The zero-order valence-electron chi connectivity index (χ0n) is 16.5. The van der Waals surface area contributed by atoms with Gasteiger partial charge in [0, 0.05) is 47.5 Å². The summed E-state index contributed by atoms with van der Waals surface area (Å²) < 4.78 is 5.17. The van der Waals surface area contributed by atoms with Crippen LogP contribution in [-0.2, 0) is 0 Å². The predicted octanol–water partition coefficient (Wildman–Crippen LogP) is 5.29. The number of anilines is 1. The molecule has 5 heteroatoms. The molecule has 0 radical (unpaired) electrons. The number of nitrogens with one attached hydrogen (secondary N) is 2. The number of carbonyl (C=O) groups is 1. The van der Waals surface area contributed by atoms with Gasteiger partial charge >= 0.3 is 0 Å². The van der Waals surface area contributed by atoms with Gasteiger partial charge in [0.15, 0.2) is 5.76 Å². The normalized spacial score (nSPS) is 16.1. The van der Waals surface area contributed by atoms with E-state index in [0.29, 0.717) is 11.8 Å². The van der Waals surface area contributed by atoms with E-state index in [1.165, 1.54) is 30.2 Å². The number of H-pyrrole nitrogens is 1. The molecule has 0 aliphatic carbocycles. The highest BCUT2D eigenvalue weighted by atomic mass is 16.3. The summed E-state index contributed by atoms with van der Waals surface area (Å²) in [7, 11) is 0. The lowest BCUT2D eigenvalue weighted by atomic mass is 9.97. The predicted molar refractivity (Wildman–Crippen MR) is 113 cm³/mol. The van der Waals surface area contributed by atoms with Crippen LogP contribution < -0.4 is 5.32 Å². The van der Waals surface area contributed by atoms with Gasteiger partial charge in [-0.3, -0.25) is 9.69 Å². The highest BCUT2D eigenvalue weighted by Gasteiger charge is 2.19. The minimum absolute atomic E-state index is 0.237. The molecule has 1 aromatic carbocycles. The Kier molecular flexibility index (Phi) is 5.35. The molecule has 4 rings (SSSR count). The van der Waals surface area contributed by atoms with Gasteiger partial charge in [0.25, 0.3) is 5.91 Å². The van der Waals surface area contributed by atoms with E-state index in [4.69, 9.17) is 4.42 Å². The van der Waals surface area contributed by atoms with Crippen LogP contribution in [-0.4, -0.2) is 34.9 Å². The van der Waals surface area contributed by atoms with E-state index in [9.17, 15) is 4.79 Å². The van der Waals surface area contributed by atoms with Gasteiger partial charge in [0.05, 0.1) is 6.26 Å². The van der Waals surface area contributed by atoms with Gasteiger partial charge < -0.3 is 14.7 Å². The smallest absolute Gasteiger partial charge is 0.291 e. The molecule has 0 saturated carbocycles. The van der Waals surface area contributed by atoms with E-state index in [-0.39, 0.29) is 5.91 Å². The average molecular weight is 377 g/mol. The standard InChI is InChI=1S/C23H27N3O2/c1-3-5-16(2)26-11-9-17(10-12-26)20-15-24-21-8-7-18(14-19(20)21)25-23(27)22-6-4-13-28-22/h4,6-9,13-16,24H,3,5,10-12H2,1-2H3,(H,25,27). The summed E-state index contributed by atoms with van der Waals surface area (Å²) in [5.41, 5.74) is 4.45. The van der Waals surface area contributed by atoms with Gasteiger partial charge in [0.2, 0.25) is 0 Å². The van der Waals surface area contributed by atoms with Crippen LogP contribution in [0, 0.1) is 0 Å². The molecule has 2 aromatic heterocycles. The molecule has 1 amide bonds. The molecular weight excluding hydrogens is 350 g/mol. The third-order valence-corrected chi connectivity index (χ3v) is 5.60. The van der Waals surface area contributed by atoms with Crippen molar-refractivity contribution < 1.29 is 9.21 Å². The van der Waals surface area contributed by atoms with Gasteiger partial charge in [-0.25, -0.2) is 0 Å². The second kappa shape index (κ2) is 8.07. The molecule has 1 aliphatic heterocycles. The van der Waals surface area contributed by atoms with E-state index in [0.717, 1.165) is 36.1 Å². The first-order valence-electron chi connectivity index (χ1n) is 10.0. The SMILES string of the molecule is CCCC(C)N1CC=C(c2c[nH]c3ccc(NC(=O)c4ccco4)cc23)CC1. The second-order valence-electron chi connectivity index (χ2n) is 7.51. The Hall–Kier alpha value is -2.79. The molecule has 0 spiro atoms. The summed E-state index contributed by atoms with van der Waals surface area (Å²) in [5, 5.41) is 4.06. The summed E-state index contributed by atoms with van der Waals surface area (Å²) in [6.45, 7) is 6.66. The van der Waals surface area contributed by atoms with Gasteiger partial charge in [-0.2, -0.15) is 0 Å². The quantitative estimate of drug-likeness (QED) is 0.613. The van der Waals surface area contributed by atoms with Crippen molar-refractivity contribution in [3.8, 4) is 0 Å². The Morgan fingerprint density at radius 2 is 2.25 bits per heavy atom. The molecular formula is C23H27N3O2. The summed E-state index contributed by atoms with van der Waals surface area (Å²) >= 11 is 0. The van der Waals surface area contributed by atoms with Crippen LogP contribution in [0.2, 0.25) is 0 Å². The van der Waals surface area contributed by atoms with E-state index in [2.05, 4.69) is 41.3 Å². The van der Waals surface area contributed by atoms with Crippen LogP contribution >= 0.6 is 0 Å². The van der Waals surface area contributed by atoms with Crippen LogP contribution in [0.25, 0.3) is 16.5 Å². The Morgan fingerprint density at radius 3 is 2.96 bits per heavy atom. The number of amides is 1. The van der Waals surface area contributed by atoms with Crippen molar-refractivity contribution in [3.05, 3.63) is 60.2 Å². The molecule has 5 nitrogen and oxygen atoms in total.